The number of benzene rings is 1. The number of phenolic OH excluding ortho intramolecular Hbond substituents is 1. The van der Waals surface area contributed by atoms with E-state index in [0.717, 1.165) is 0 Å². The first-order valence-electron chi connectivity index (χ1n) is 6.60. The first-order valence-corrected chi connectivity index (χ1v) is 6.60. The number of amides is 1. The van der Waals surface area contributed by atoms with E-state index in [1.165, 1.54) is 0 Å². The molecule has 0 spiro atoms. The van der Waals surface area contributed by atoms with Crippen molar-refractivity contribution in [2.45, 2.75) is 27.7 Å². The van der Waals surface area contributed by atoms with Crippen molar-refractivity contribution >= 4 is 5.91 Å². The molecule has 1 aromatic rings. The average Bonchev–Trinajstić information content (AvgIpc) is 2.38. The fraction of sp³-hybridized carbons (Fsp3) is 0.533. The maximum atomic E-state index is 12.5. The standard InChI is InChI=1S/C15H24N2O2/c1-5-17(10-15(3,4)9-16)14(19)12-7-6-8-13(18)11(12)2/h6-8,18H,5,9-10,16H2,1-4H3. The molecule has 19 heavy (non-hydrogen) atoms. The largest absolute Gasteiger partial charge is 0.508 e. The molecule has 0 aliphatic heterocycles. The number of nitrogens with two attached hydrogens (primary N) is 1. The number of carbonyl (C=O) groups is 1. The second-order valence-electron chi connectivity index (χ2n) is 5.64. The molecule has 0 aliphatic rings. The number of rotatable bonds is 5. The van der Waals surface area contributed by atoms with Gasteiger partial charge in [-0.1, -0.05) is 19.9 Å². The van der Waals surface area contributed by atoms with Gasteiger partial charge in [0.15, 0.2) is 0 Å². The van der Waals surface area contributed by atoms with Crippen LogP contribution in [0.2, 0.25) is 0 Å². The van der Waals surface area contributed by atoms with E-state index in [9.17, 15) is 9.90 Å². The maximum absolute atomic E-state index is 12.5. The van der Waals surface area contributed by atoms with Crippen LogP contribution in [0.25, 0.3) is 0 Å². The lowest BCUT2D eigenvalue weighted by Crippen LogP contribution is -2.42. The van der Waals surface area contributed by atoms with E-state index in [-0.39, 0.29) is 17.1 Å². The van der Waals surface area contributed by atoms with Gasteiger partial charge >= 0.3 is 0 Å². The third-order valence-electron chi connectivity index (χ3n) is 3.38. The van der Waals surface area contributed by atoms with E-state index < -0.39 is 0 Å². The van der Waals surface area contributed by atoms with Crippen LogP contribution in [0.3, 0.4) is 0 Å². The molecule has 1 rings (SSSR count). The Kier molecular flexibility index (Phi) is 4.95. The van der Waals surface area contributed by atoms with Crippen molar-refractivity contribution < 1.29 is 9.90 Å². The van der Waals surface area contributed by atoms with Crippen LogP contribution in [0.4, 0.5) is 0 Å². The van der Waals surface area contributed by atoms with Gasteiger partial charge in [0.25, 0.3) is 5.91 Å². The summed E-state index contributed by atoms with van der Waals surface area (Å²) in [4.78, 5) is 14.3. The lowest BCUT2D eigenvalue weighted by Gasteiger charge is -2.31. The molecular weight excluding hydrogens is 240 g/mol. The summed E-state index contributed by atoms with van der Waals surface area (Å²) < 4.78 is 0. The van der Waals surface area contributed by atoms with Crippen LogP contribution < -0.4 is 5.73 Å². The zero-order chi connectivity index (χ0) is 14.6. The summed E-state index contributed by atoms with van der Waals surface area (Å²) in [5, 5.41) is 9.69. The highest BCUT2D eigenvalue weighted by Crippen LogP contribution is 2.22. The fourth-order valence-corrected chi connectivity index (χ4v) is 1.93. The fourth-order valence-electron chi connectivity index (χ4n) is 1.93. The smallest absolute Gasteiger partial charge is 0.254 e. The Balaban J connectivity index is 2.99. The lowest BCUT2D eigenvalue weighted by molar-refractivity contribution is 0.0699. The summed E-state index contributed by atoms with van der Waals surface area (Å²) in [5.74, 6) is 0.0948. The zero-order valence-electron chi connectivity index (χ0n) is 12.2. The van der Waals surface area contributed by atoms with Gasteiger partial charge in [0.1, 0.15) is 5.75 Å². The molecular formula is C15H24N2O2. The molecule has 1 aromatic carbocycles. The van der Waals surface area contributed by atoms with Crippen LogP contribution in [0, 0.1) is 12.3 Å². The Bertz CT molecular complexity index is 455. The van der Waals surface area contributed by atoms with Crippen molar-refractivity contribution in [1.82, 2.24) is 4.90 Å². The molecule has 4 heteroatoms. The second-order valence-corrected chi connectivity index (χ2v) is 5.64. The van der Waals surface area contributed by atoms with Crippen molar-refractivity contribution in [1.29, 1.82) is 0 Å². The van der Waals surface area contributed by atoms with Gasteiger partial charge in [-0.3, -0.25) is 4.79 Å². The summed E-state index contributed by atoms with van der Waals surface area (Å²) in [6, 6.07) is 5.03. The predicted molar refractivity (Wildman–Crippen MR) is 77.3 cm³/mol. The molecule has 106 valence electrons. The van der Waals surface area contributed by atoms with Gasteiger partial charge in [0.2, 0.25) is 0 Å². The van der Waals surface area contributed by atoms with Crippen molar-refractivity contribution in [3.8, 4) is 5.75 Å². The van der Waals surface area contributed by atoms with Gasteiger partial charge in [0, 0.05) is 24.2 Å². The molecule has 0 saturated heterocycles. The number of hydrogen-bond donors (Lipinski definition) is 2. The van der Waals surface area contributed by atoms with Crippen molar-refractivity contribution in [3.63, 3.8) is 0 Å². The molecule has 1 amide bonds. The lowest BCUT2D eigenvalue weighted by atomic mass is 9.92. The zero-order valence-corrected chi connectivity index (χ0v) is 12.2. The summed E-state index contributed by atoms with van der Waals surface area (Å²) in [6.45, 7) is 9.53. The second kappa shape index (κ2) is 6.06. The van der Waals surface area contributed by atoms with Crippen LogP contribution in [-0.4, -0.2) is 35.5 Å². The van der Waals surface area contributed by atoms with Gasteiger partial charge < -0.3 is 15.7 Å². The van der Waals surface area contributed by atoms with E-state index in [2.05, 4.69) is 0 Å². The van der Waals surface area contributed by atoms with E-state index >= 15 is 0 Å². The van der Waals surface area contributed by atoms with Gasteiger partial charge in [-0.15, -0.1) is 0 Å². The third-order valence-corrected chi connectivity index (χ3v) is 3.38. The van der Waals surface area contributed by atoms with Crippen LogP contribution in [0.15, 0.2) is 18.2 Å². The summed E-state index contributed by atoms with van der Waals surface area (Å²) in [6.07, 6.45) is 0. The average molecular weight is 264 g/mol. The SMILES string of the molecule is CCN(CC(C)(C)CN)C(=O)c1cccc(O)c1C. The topological polar surface area (TPSA) is 66.6 Å². The first kappa shape index (κ1) is 15.5. The molecule has 0 fully saturated rings. The monoisotopic (exact) mass is 264 g/mol. The minimum absolute atomic E-state index is 0.0579. The number of phenols is 1. The van der Waals surface area contributed by atoms with E-state index in [0.29, 0.717) is 30.8 Å². The molecule has 0 bridgehead atoms. The van der Waals surface area contributed by atoms with E-state index in [1.807, 2.05) is 20.8 Å². The Morgan fingerprint density at radius 2 is 2.05 bits per heavy atom. The van der Waals surface area contributed by atoms with Gasteiger partial charge in [-0.05, 0) is 37.9 Å². The van der Waals surface area contributed by atoms with Crippen LogP contribution in [0.1, 0.15) is 36.7 Å². The normalized spacial score (nSPS) is 11.4. The highest BCUT2D eigenvalue weighted by atomic mass is 16.3. The van der Waals surface area contributed by atoms with E-state index in [4.69, 9.17) is 5.73 Å². The number of nitrogens with zero attached hydrogens (tertiary/aromatic N) is 1. The predicted octanol–water partition coefficient (Wildman–Crippen LogP) is 2.15. The van der Waals surface area contributed by atoms with Crippen molar-refractivity contribution in [2.24, 2.45) is 11.1 Å². The van der Waals surface area contributed by atoms with E-state index in [1.54, 1.807) is 30.0 Å². The summed E-state index contributed by atoms with van der Waals surface area (Å²) >= 11 is 0. The highest BCUT2D eigenvalue weighted by molar-refractivity contribution is 5.96. The van der Waals surface area contributed by atoms with Crippen LogP contribution in [-0.2, 0) is 0 Å². The molecule has 0 saturated carbocycles. The molecule has 0 heterocycles. The third kappa shape index (κ3) is 3.70. The number of aromatic hydroxyl groups is 1. The Morgan fingerprint density at radius 3 is 2.58 bits per heavy atom. The molecule has 0 aliphatic carbocycles. The van der Waals surface area contributed by atoms with Gasteiger partial charge in [-0.25, -0.2) is 0 Å². The number of carbonyl (C=O) groups excluding carboxylic acids is 1. The summed E-state index contributed by atoms with van der Waals surface area (Å²) in [5.41, 5.74) is 6.78. The minimum Gasteiger partial charge on any atom is -0.508 e. The van der Waals surface area contributed by atoms with Crippen LogP contribution in [0.5, 0.6) is 5.75 Å². The molecule has 0 aromatic heterocycles. The van der Waals surface area contributed by atoms with Gasteiger partial charge in [-0.2, -0.15) is 0 Å². The molecule has 0 radical (unpaired) electrons. The summed E-state index contributed by atoms with van der Waals surface area (Å²) in [7, 11) is 0. The Hall–Kier alpha value is -1.55. The number of hydrogen-bond acceptors (Lipinski definition) is 3. The maximum Gasteiger partial charge on any atom is 0.254 e. The molecule has 0 atom stereocenters. The first-order chi connectivity index (χ1) is 8.82. The molecule has 4 nitrogen and oxygen atoms in total. The van der Waals surface area contributed by atoms with Crippen LogP contribution >= 0.6 is 0 Å². The highest BCUT2D eigenvalue weighted by Gasteiger charge is 2.24. The molecule has 3 N–H and O–H groups in total. The van der Waals surface area contributed by atoms with Gasteiger partial charge in [0.05, 0.1) is 0 Å². The Labute approximate surface area is 115 Å². The van der Waals surface area contributed by atoms with Crippen molar-refractivity contribution in [3.05, 3.63) is 29.3 Å². The Morgan fingerprint density at radius 1 is 1.42 bits per heavy atom. The molecule has 0 unspecified atom stereocenters. The minimum atomic E-state index is -0.115. The van der Waals surface area contributed by atoms with Crippen molar-refractivity contribution in [2.75, 3.05) is 19.6 Å². The quantitative estimate of drug-likeness (QED) is 0.856.